The van der Waals surface area contributed by atoms with Gasteiger partial charge in [-0.2, -0.15) is 0 Å². The molecule has 0 aromatic heterocycles. The molecule has 226 valence electrons. The summed E-state index contributed by atoms with van der Waals surface area (Å²) in [4.78, 5) is 45.4. The van der Waals surface area contributed by atoms with Gasteiger partial charge in [0, 0.05) is 9.26 Å². The van der Waals surface area contributed by atoms with Crippen molar-refractivity contribution in [3.05, 3.63) is 142 Å². The molecule has 2 fully saturated rings. The second-order valence-corrected chi connectivity index (χ2v) is 12.7. The zero-order chi connectivity index (χ0) is 31.3. The zero-order valence-corrected chi connectivity index (χ0v) is 26.2. The van der Waals surface area contributed by atoms with Gasteiger partial charge in [-0.05, 0) is 75.2 Å². The van der Waals surface area contributed by atoms with Crippen LogP contribution in [0, 0.1) is 9.49 Å². The van der Waals surface area contributed by atoms with Gasteiger partial charge in [0.1, 0.15) is 35.8 Å². The average Bonchev–Trinajstić information content (AvgIpc) is 3.53. The molecule has 0 saturated carbocycles. The van der Waals surface area contributed by atoms with Gasteiger partial charge in [-0.25, -0.2) is 0 Å². The van der Waals surface area contributed by atoms with Crippen LogP contribution in [0.15, 0.2) is 116 Å². The van der Waals surface area contributed by atoms with Gasteiger partial charge in [-0.3, -0.25) is 19.3 Å². The van der Waals surface area contributed by atoms with E-state index in [1.54, 1.807) is 24.3 Å². The number of anilines is 1. The van der Waals surface area contributed by atoms with Gasteiger partial charge in [0.05, 0.1) is 12.1 Å². The molecule has 2 saturated heterocycles. The van der Waals surface area contributed by atoms with E-state index in [-0.39, 0.29) is 12.4 Å². The molecule has 0 bridgehead atoms. The van der Waals surface area contributed by atoms with E-state index in [1.807, 2.05) is 83.8 Å². The zero-order valence-electron chi connectivity index (χ0n) is 24.0. The number of morpholine rings is 1. The number of hydrogen-bond acceptors (Lipinski definition) is 7. The van der Waals surface area contributed by atoms with E-state index in [1.165, 1.54) is 6.08 Å². The number of carbonyl (C=O) groups is 3. The standard InChI is InChI=1S/C36H29IN2O6/c1-2-19-44-33(41)28-30-34(42)45-31(22-11-7-4-8-12-22)29(21-9-5-3-6-10-21)39(30)32(23-13-16-25(40)17-14-23)36(28)26-20-24(37)15-18-27(26)38-35(36)43/h2-18,20,28-32,40H,1,19H2,(H,38,43)/t28-,29-,30-,31+,32+,36-/m1/s1. The highest BCUT2D eigenvalue weighted by molar-refractivity contribution is 14.1. The summed E-state index contributed by atoms with van der Waals surface area (Å²) in [6.07, 6.45) is 0.703. The molecule has 6 atom stereocenters. The number of aromatic hydroxyl groups is 1. The molecule has 2 N–H and O–H groups in total. The maximum atomic E-state index is 14.7. The number of carbonyl (C=O) groups excluding carboxylic acids is 3. The number of benzene rings is 4. The summed E-state index contributed by atoms with van der Waals surface area (Å²) in [7, 11) is 0. The Morgan fingerprint density at radius 1 is 0.933 bits per heavy atom. The number of phenolic OH excluding ortho intramolecular Hbond substituents is 1. The Bertz CT molecular complexity index is 1800. The molecule has 4 aromatic rings. The maximum Gasteiger partial charge on any atom is 0.325 e. The summed E-state index contributed by atoms with van der Waals surface area (Å²) in [5.74, 6) is -2.96. The van der Waals surface area contributed by atoms with Gasteiger partial charge in [0.15, 0.2) is 0 Å². The molecule has 8 nitrogen and oxygen atoms in total. The molecular weight excluding hydrogens is 683 g/mol. The van der Waals surface area contributed by atoms with Gasteiger partial charge in [0.2, 0.25) is 5.91 Å². The van der Waals surface area contributed by atoms with Crippen LogP contribution in [-0.2, 0) is 29.3 Å². The van der Waals surface area contributed by atoms with Gasteiger partial charge in [0.25, 0.3) is 0 Å². The molecule has 4 aromatic carbocycles. The minimum atomic E-state index is -1.59. The molecule has 7 rings (SSSR count). The quantitative estimate of drug-likeness (QED) is 0.144. The molecule has 3 aliphatic heterocycles. The van der Waals surface area contributed by atoms with E-state index in [0.717, 1.165) is 14.7 Å². The number of cyclic esters (lactones) is 1. The fraction of sp³-hybridized carbons (Fsp3) is 0.194. The van der Waals surface area contributed by atoms with Crippen molar-refractivity contribution in [2.45, 2.75) is 29.6 Å². The smallest absolute Gasteiger partial charge is 0.325 e. The number of fused-ring (bicyclic) bond motifs is 3. The van der Waals surface area contributed by atoms with E-state index in [4.69, 9.17) is 9.47 Å². The Morgan fingerprint density at radius 2 is 1.60 bits per heavy atom. The summed E-state index contributed by atoms with van der Waals surface area (Å²) in [6.45, 7) is 3.60. The SMILES string of the molecule is C=CCOC(=O)[C@H]1[C@@H]2C(=O)O[C@@H](c3ccccc3)[C@@H](c3ccccc3)N2[C@@H](c2ccc(O)cc2)[C@]12C(=O)Nc1ccc(I)cc12. The van der Waals surface area contributed by atoms with Crippen molar-refractivity contribution in [2.24, 2.45) is 5.92 Å². The highest BCUT2D eigenvalue weighted by atomic mass is 127. The molecule has 0 aliphatic carbocycles. The van der Waals surface area contributed by atoms with E-state index in [2.05, 4.69) is 34.5 Å². The minimum Gasteiger partial charge on any atom is -0.508 e. The highest BCUT2D eigenvalue weighted by Crippen LogP contribution is 2.65. The van der Waals surface area contributed by atoms with Gasteiger partial charge in [-0.15, -0.1) is 0 Å². The number of hydrogen-bond donors (Lipinski definition) is 2. The van der Waals surface area contributed by atoms with E-state index in [0.29, 0.717) is 16.8 Å². The van der Waals surface area contributed by atoms with Crippen LogP contribution in [0.3, 0.4) is 0 Å². The van der Waals surface area contributed by atoms with E-state index >= 15 is 0 Å². The van der Waals surface area contributed by atoms with Crippen molar-refractivity contribution in [1.29, 1.82) is 0 Å². The molecule has 0 unspecified atom stereocenters. The number of nitrogens with zero attached hydrogens (tertiary/aromatic N) is 1. The second-order valence-electron chi connectivity index (χ2n) is 11.4. The fourth-order valence-electron chi connectivity index (χ4n) is 7.42. The number of ether oxygens (including phenoxy) is 2. The largest absolute Gasteiger partial charge is 0.508 e. The first-order valence-corrected chi connectivity index (χ1v) is 15.7. The summed E-state index contributed by atoms with van der Waals surface area (Å²) < 4.78 is 12.9. The normalized spacial score (nSPS) is 26.9. The second kappa shape index (κ2) is 11.5. The van der Waals surface area contributed by atoms with Gasteiger partial charge < -0.3 is 19.9 Å². The predicted octanol–water partition coefficient (Wildman–Crippen LogP) is 6.00. The van der Waals surface area contributed by atoms with Crippen LogP contribution in [-0.4, -0.2) is 40.5 Å². The van der Waals surface area contributed by atoms with Crippen molar-refractivity contribution in [3.8, 4) is 5.75 Å². The Labute approximate surface area is 273 Å². The molecule has 0 radical (unpaired) electrons. The first-order valence-electron chi connectivity index (χ1n) is 14.6. The monoisotopic (exact) mass is 712 g/mol. The van der Waals surface area contributed by atoms with Crippen LogP contribution in [0.2, 0.25) is 0 Å². The number of rotatable bonds is 6. The summed E-state index contributed by atoms with van der Waals surface area (Å²) in [6, 6.07) is 28.7. The van der Waals surface area contributed by atoms with E-state index < -0.39 is 53.4 Å². The molecule has 45 heavy (non-hydrogen) atoms. The van der Waals surface area contributed by atoms with Crippen molar-refractivity contribution in [1.82, 2.24) is 4.90 Å². The lowest BCUT2D eigenvalue weighted by molar-refractivity contribution is -0.180. The molecule has 1 spiro atoms. The number of esters is 2. The van der Waals surface area contributed by atoms with Crippen LogP contribution in [0.4, 0.5) is 5.69 Å². The van der Waals surface area contributed by atoms with Crippen molar-refractivity contribution in [3.63, 3.8) is 0 Å². The summed E-state index contributed by atoms with van der Waals surface area (Å²) in [5.41, 5.74) is 1.86. The molecular formula is C36H29IN2O6. The molecule has 3 heterocycles. The Morgan fingerprint density at radius 3 is 2.27 bits per heavy atom. The van der Waals surface area contributed by atoms with Crippen molar-refractivity contribution >= 4 is 46.1 Å². The number of halogens is 1. The van der Waals surface area contributed by atoms with Gasteiger partial charge >= 0.3 is 11.9 Å². The van der Waals surface area contributed by atoms with Gasteiger partial charge in [-0.1, -0.05) is 85.5 Å². The average molecular weight is 713 g/mol. The van der Waals surface area contributed by atoms with E-state index in [9.17, 15) is 19.5 Å². The number of phenols is 1. The first-order chi connectivity index (χ1) is 21.9. The maximum absolute atomic E-state index is 14.7. The third kappa shape index (κ3) is 4.55. The lowest BCUT2D eigenvalue weighted by Crippen LogP contribution is -2.52. The Balaban J connectivity index is 1.57. The van der Waals surface area contributed by atoms with Crippen LogP contribution >= 0.6 is 22.6 Å². The fourth-order valence-corrected chi connectivity index (χ4v) is 7.91. The lowest BCUT2D eigenvalue weighted by atomic mass is 9.65. The van der Waals surface area contributed by atoms with Crippen molar-refractivity contribution < 1.29 is 29.0 Å². The highest BCUT2D eigenvalue weighted by Gasteiger charge is 2.74. The first kappa shape index (κ1) is 29.2. The third-order valence-electron chi connectivity index (χ3n) is 9.08. The lowest BCUT2D eigenvalue weighted by Gasteiger charge is -2.46. The van der Waals surface area contributed by atoms with Crippen LogP contribution in [0.5, 0.6) is 5.75 Å². The van der Waals surface area contributed by atoms with Crippen molar-refractivity contribution in [2.75, 3.05) is 11.9 Å². The van der Waals surface area contributed by atoms with Crippen LogP contribution in [0.25, 0.3) is 0 Å². The number of nitrogens with one attached hydrogen (secondary N) is 1. The summed E-state index contributed by atoms with van der Waals surface area (Å²) in [5, 5.41) is 13.3. The predicted molar refractivity (Wildman–Crippen MR) is 175 cm³/mol. The topological polar surface area (TPSA) is 105 Å². The summed E-state index contributed by atoms with van der Waals surface area (Å²) >= 11 is 2.19. The number of amides is 1. The Kier molecular flexibility index (Phi) is 7.45. The molecule has 3 aliphatic rings. The molecule has 1 amide bonds. The minimum absolute atomic E-state index is 0.0509. The molecule has 9 heteroatoms. The Hall–Kier alpha value is -4.48. The van der Waals surface area contributed by atoms with Crippen LogP contribution < -0.4 is 5.32 Å². The third-order valence-corrected chi connectivity index (χ3v) is 9.75. The van der Waals surface area contributed by atoms with Crippen LogP contribution in [0.1, 0.15) is 40.4 Å².